The number of carbonyl (C=O) groups is 2. The van der Waals surface area contributed by atoms with Gasteiger partial charge < -0.3 is 15.2 Å². The first-order valence-electron chi connectivity index (χ1n) is 10.1. The molecule has 1 atom stereocenters. The largest absolute Gasteiger partial charge is 0.357 e. The van der Waals surface area contributed by atoms with Gasteiger partial charge in [-0.15, -0.1) is 0 Å². The zero-order valence-electron chi connectivity index (χ0n) is 18.5. The fourth-order valence-electron chi connectivity index (χ4n) is 3.71. The van der Waals surface area contributed by atoms with Gasteiger partial charge in [0, 0.05) is 26.7 Å². The zero-order valence-corrected chi connectivity index (χ0v) is 18.5. The van der Waals surface area contributed by atoms with Gasteiger partial charge in [-0.25, -0.2) is 9.37 Å². The predicted molar refractivity (Wildman–Crippen MR) is 113 cm³/mol. The summed E-state index contributed by atoms with van der Waals surface area (Å²) in [5, 5.41) is 5.45. The smallest absolute Gasteiger partial charge is 0.272 e. The topological polar surface area (TPSA) is 79.3 Å². The molecule has 1 unspecified atom stereocenters. The van der Waals surface area contributed by atoms with E-state index in [1.54, 1.807) is 19.2 Å². The number of rotatable bonds is 4. The van der Waals surface area contributed by atoms with Gasteiger partial charge in [0.25, 0.3) is 5.91 Å². The highest BCUT2D eigenvalue weighted by molar-refractivity contribution is 5.98. The standard InChI is InChI=1S/C22H30FN5O2/c1-13-7-8-15(23)14(11-13)19-25-17(16-12-27(6)9-10-28(16)19)20(29)26-18(21(30)24-5)22(2,3)4/h7-8,11,18H,9-10,12H2,1-6H3,(H,24,30)(H,26,29). The lowest BCUT2D eigenvalue weighted by Crippen LogP contribution is -2.53. The average Bonchev–Trinajstić information content (AvgIpc) is 3.04. The minimum Gasteiger partial charge on any atom is -0.357 e. The molecule has 162 valence electrons. The van der Waals surface area contributed by atoms with Crippen LogP contribution in [0, 0.1) is 18.2 Å². The van der Waals surface area contributed by atoms with E-state index in [9.17, 15) is 14.0 Å². The summed E-state index contributed by atoms with van der Waals surface area (Å²) >= 11 is 0. The first kappa shape index (κ1) is 22.0. The molecule has 2 N–H and O–H groups in total. The number of imidazole rings is 1. The molecular formula is C22H30FN5O2. The second-order valence-corrected chi connectivity index (χ2v) is 8.99. The minimum atomic E-state index is -0.729. The zero-order chi connectivity index (χ0) is 22.2. The molecule has 1 aromatic heterocycles. The maximum absolute atomic E-state index is 14.6. The number of aryl methyl sites for hydroxylation is 1. The Morgan fingerprint density at radius 1 is 1.23 bits per heavy atom. The average molecular weight is 416 g/mol. The van der Waals surface area contributed by atoms with Crippen molar-refractivity contribution in [2.45, 2.75) is 46.8 Å². The first-order valence-corrected chi connectivity index (χ1v) is 10.1. The van der Waals surface area contributed by atoms with Crippen molar-refractivity contribution in [3.63, 3.8) is 0 Å². The molecule has 8 heteroatoms. The molecular weight excluding hydrogens is 385 g/mol. The van der Waals surface area contributed by atoms with Gasteiger partial charge in [-0.1, -0.05) is 32.4 Å². The van der Waals surface area contributed by atoms with Crippen molar-refractivity contribution in [1.29, 1.82) is 0 Å². The van der Waals surface area contributed by atoms with Gasteiger partial charge in [-0.05, 0) is 31.5 Å². The van der Waals surface area contributed by atoms with Gasteiger partial charge in [0.05, 0.1) is 11.3 Å². The maximum atomic E-state index is 14.6. The summed E-state index contributed by atoms with van der Waals surface area (Å²) in [4.78, 5) is 32.2. The van der Waals surface area contributed by atoms with Crippen LogP contribution in [0.4, 0.5) is 4.39 Å². The molecule has 3 rings (SSSR count). The third-order valence-corrected chi connectivity index (χ3v) is 5.43. The molecule has 0 saturated carbocycles. The van der Waals surface area contributed by atoms with E-state index in [1.807, 2.05) is 39.3 Å². The van der Waals surface area contributed by atoms with Crippen LogP contribution in [0.25, 0.3) is 11.4 Å². The fourth-order valence-corrected chi connectivity index (χ4v) is 3.71. The maximum Gasteiger partial charge on any atom is 0.272 e. The van der Waals surface area contributed by atoms with Crippen LogP contribution in [0.15, 0.2) is 18.2 Å². The second-order valence-electron chi connectivity index (χ2n) is 8.99. The van der Waals surface area contributed by atoms with E-state index < -0.39 is 17.4 Å². The van der Waals surface area contributed by atoms with E-state index in [0.717, 1.165) is 17.8 Å². The number of carbonyl (C=O) groups excluding carboxylic acids is 2. The molecule has 0 bridgehead atoms. The summed E-state index contributed by atoms with van der Waals surface area (Å²) < 4.78 is 16.5. The number of amides is 2. The van der Waals surface area contributed by atoms with E-state index in [-0.39, 0.29) is 17.4 Å². The summed E-state index contributed by atoms with van der Waals surface area (Å²) in [7, 11) is 3.51. The van der Waals surface area contributed by atoms with Crippen molar-refractivity contribution in [3.05, 3.63) is 41.0 Å². The number of likely N-dealkylation sites (N-methyl/N-ethyl adjacent to an activating group) is 2. The Bertz CT molecular complexity index is 977. The highest BCUT2D eigenvalue weighted by Crippen LogP contribution is 2.29. The summed E-state index contributed by atoms with van der Waals surface area (Å²) in [5.41, 5.74) is 1.75. The summed E-state index contributed by atoms with van der Waals surface area (Å²) in [6, 6.07) is 4.14. The Labute approximate surface area is 176 Å². The molecule has 0 aliphatic carbocycles. The lowest BCUT2D eigenvalue weighted by atomic mass is 9.86. The van der Waals surface area contributed by atoms with Crippen LogP contribution in [0.1, 0.15) is 42.5 Å². The predicted octanol–water partition coefficient (Wildman–Crippen LogP) is 2.33. The molecule has 1 aliphatic heterocycles. The highest BCUT2D eigenvalue weighted by atomic mass is 19.1. The third-order valence-electron chi connectivity index (χ3n) is 5.43. The summed E-state index contributed by atoms with van der Waals surface area (Å²) in [6.07, 6.45) is 0. The van der Waals surface area contributed by atoms with Crippen LogP contribution < -0.4 is 10.6 Å². The van der Waals surface area contributed by atoms with Gasteiger partial charge in [0.1, 0.15) is 17.7 Å². The molecule has 1 aromatic carbocycles. The van der Waals surface area contributed by atoms with Gasteiger partial charge in [-0.2, -0.15) is 0 Å². The fraction of sp³-hybridized carbons (Fsp3) is 0.500. The number of hydrogen-bond acceptors (Lipinski definition) is 4. The number of nitrogens with one attached hydrogen (secondary N) is 2. The molecule has 0 spiro atoms. The van der Waals surface area contributed by atoms with Gasteiger partial charge >= 0.3 is 0 Å². The van der Waals surface area contributed by atoms with Gasteiger partial charge in [0.2, 0.25) is 5.91 Å². The van der Waals surface area contributed by atoms with E-state index in [4.69, 9.17) is 0 Å². The molecule has 0 saturated heterocycles. The first-order chi connectivity index (χ1) is 14.0. The van der Waals surface area contributed by atoms with Crippen LogP contribution in [0.3, 0.4) is 0 Å². The summed E-state index contributed by atoms with van der Waals surface area (Å²) in [6.45, 7) is 9.44. The minimum absolute atomic E-state index is 0.232. The third kappa shape index (κ3) is 4.23. The molecule has 7 nitrogen and oxygen atoms in total. The normalized spacial score (nSPS) is 15.4. The molecule has 1 aliphatic rings. The number of aromatic nitrogens is 2. The van der Waals surface area contributed by atoms with Crippen molar-refractivity contribution in [1.82, 2.24) is 25.1 Å². The SMILES string of the molecule is CNC(=O)C(NC(=O)c1nc(-c2cc(C)ccc2F)n2c1CN(C)CC2)C(C)(C)C. The van der Waals surface area contributed by atoms with E-state index in [1.165, 1.54) is 6.07 Å². The monoisotopic (exact) mass is 415 g/mol. The number of hydrogen-bond donors (Lipinski definition) is 2. The van der Waals surface area contributed by atoms with Crippen molar-refractivity contribution < 1.29 is 14.0 Å². The molecule has 0 fully saturated rings. The second kappa shape index (κ2) is 8.18. The number of halogens is 1. The highest BCUT2D eigenvalue weighted by Gasteiger charge is 2.35. The van der Waals surface area contributed by atoms with Gasteiger partial charge in [-0.3, -0.25) is 14.5 Å². The summed E-state index contributed by atoms with van der Waals surface area (Å²) in [5.74, 6) is -0.642. The van der Waals surface area contributed by atoms with Crippen molar-refractivity contribution in [2.24, 2.45) is 5.41 Å². The Morgan fingerprint density at radius 3 is 2.57 bits per heavy atom. The number of nitrogens with zero attached hydrogens (tertiary/aromatic N) is 3. The van der Waals surface area contributed by atoms with E-state index in [2.05, 4.69) is 20.5 Å². The lowest BCUT2D eigenvalue weighted by molar-refractivity contribution is -0.124. The quantitative estimate of drug-likeness (QED) is 0.803. The van der Waals surface area contributed by atoms with Crippen molar-refractivity contribution in [3.8, 4) is 11.4 Å². The molecule has 2 heterocycles. The Balaban J connectivity index is 2.07. The van der Waals surface area contributed by atoms with Crippen LogP contribution in [-0.4, -0.2) is 52.9 Å². The van der Waals surface area contributed by atoms with Crippen LogP contribution in [0.2, 0.25) is 0 Å². The van der Waals surface area contributed by atoms with Crippen molar-refractivity contribution >= 4 is 11.8 Å². The molecule has 0 radical (unpaired) electrons. The van der Waals surface area contributed by atoms with Crippen LogP contribution in [0.5, 0.6) is 0 Å². The van der Waals surface area contributed by atoms with Gasteiger partial charge in [0.15, 0.2) is 5.69 Å². The van der Waals surface area contributed by atoms with E-state index in [0.29, 0.717) is 24.5 Å². The number of fused-ring (bicyclic) bond motifs is 1. The molecule has 2 amide bonds. The Kier molecular flexibility index (Phi) is 5.99. The molecule has 30 heavy (non-hydrogen) atoms. The van der Waals surface area contributed by atoms with E-state index >= 15 is 0 Å². The van der Waals surface area contributed by atoms with Crippen LogP contribution in [-0.2, 0) is 17.9 Å². The lowest BCUT2D eigenvalue weighted by Gasteiger charge is -2.30. The Morgan fingerprint density at radius 2 is 1.93 bits per heavy atom. The van der Waals surface area contributed by atoms with Crippen molar-refractivity contribution in [2.75, 3.05) is 20.6 Å². The number of benzene rings is 1. The Hall–Kier alpha value is -2.74. The molecule has 2 aromatic rings. The van der Waals surface area contributed by atoms with Crippen LogP contribution >= 0.6 is 0 Å².